The van der Waals surface area contributed by atoms with Gasteiger partial charge in [-0.15, -0.1) is 0 Å². The van der Waals surface area contributed by atoms with Crippen LogP contribution in [-0.4, -0.2) is 29.9 Å². The van der Waals surface area contributed by atoms with Gasteiger partial charge < -0.3 is 10.6 Å². The molecule has 2 amide bonds. The molecule has 0 saturated carbocycles. The van der Waals surface area contributed by atoms with Gasteiger partial charge in [0.25, 0.3) is 5.91 Å². The lowest BCUT2D eigenvalue weighted by Gasteiger charge is -2.19. The van der Waals surface area contributed by atoms with Crippen LogP contribution >= 0.6 is 35.0 Å². The molecule has 7 heteroatoms. The first-order valence-corrected chi connectivity index (χ1v) is 10.2. The van der Waals surface area contributed by atoms with Crippen LogP contribution in [-0.2, 0) is 11.3 Å². The maximum Gasteiger partial charge on any atom is 0.253 e. The number of carbonyl (C=O) groups is 2. The average molecular weight is 411 g/mol. The third-order valence-electron chi connectivity index (χ3n) is 3.76. The van der Waals surface area contributed by atoms with Crippen LogP contribution in [0.4, 0.5) is 0 Å². The number of thioether (sulfide) groups is 1. The summed E-state index contributed by atoms with van der Waals surface area (Å²) in [6.45, 7) is 0.302. The van der Waals surface area contributed by atoms with E-state index < -0.39 is 6.04 Å². The molecule has 0 aliphatic rings. The van der Waals surface area contributed by atoms with Gasteiger partial charge in [0.15, 0.2) is 0 Å². The van der Waals surface area contributed by atoms with Gasteiger partial charge in [0.05, 0.1) is 10.6 Å². The van der Waals surface area contributed by atoms with Gasteiger partial charge in [-0.05, 0) is 42.2 Å². The van der Waals surface area contributed by atoms with E-state index in [1.165, 1.54) is 0 Å². The Bertz CT molecular complexity index is 771. The Kier molecular flexibility index (Phi) is 8.29. The highest BCUT2D eigenvalue weighted by Gasteiger charge is 2.22. The first kappa shape index (κ1) is 20.6. The molecule has 2 N–H and O–H groups in total. The standard InChI is InChI=1S/C19H20Cl2N2O2S/c1-26-11-10-17(23-18(24)14-7-3-5-9-16(14)21)19(25)22-12-13-6-2-4-8-15(13)20/h2-9,17H,10-12H2,1H3,(H,22,25)(H,23,24)/t17-/m1/s1. The molecule has 2 rings (SSSR count). The van der Waals surface area contributed by atoms with Crippen molar-refractivity contribution in [2.24, 2.45) is 0 Å². The minimum absolute atomic E-state index is 0.251. The van der Waals surface area contributed by atoms with Crippen molar-refractivity contribution in [3.8, 4) is 0 Å². The summed E-state index contributed by atoms with van der Waals surface area (Å²) in [4.78, 5) is 25.0. The Balaban J connectivity index is 2.03. The van der Waals surface area contributed by atoms with Crippen LogP contribution in [0.5, 0.6) is 0 Å². The summed E-state index contributed by atoms with van der Waals surface area (Å²) < 4.78 is 0. The normalized spacial score (nSPS) is 11.7. The van der Waals surface area contributed by atoms with Gasteiger partial charge in [-0.25, -0.2) is 0 Å². The monoisotopic (exact) mass is 410 g/mol. The lowest BCUT2D eigenvalue weighted by Crippen LogP contribution is -2.47. The number of benzene rings is 2. The second-order valence-corrected chi connectivity index (χ2v) is 7.40. The van der Waals surface area contributed by atoms with Crippen LogP contribution in [0.15, 0.2) is 48.5 Å². The van der Waals surface area contributed by atoms with Crippen molar-refractivity contribution in [2.45, 2.75) is 19.0 Å². The molecule has 0 bridgehead atoms. The van der Waals surface area contributed by atoms with Crippen molar-refractivity contribution in [1.29, 1.82) is 0 Å². The Labute approximate surface area is 167 Å². The van der Waals surface area contributed by atoms with Crippen LogP contribution < -0.4 is 10.6 Å². The molecule has 0 radical (unpaired) electrons. The van der Waals surface area contributed by atoms with E-state index in [0.717, 1.165) is 11.3 Å². The summed E-state index contributed by atoms with van der Waals surface area (Å²) in [6, 6.07) is 13.4. The minimum atomic E-state index is -0.645. The number of hydrogen-bond acceptors (Lipinski definition) is 3. The van der Waals surface area contributed by atoms with Gasteiger partial charge in [-0.2, -0.15) is 11.8 Å². The number of nitrogens with one attached hydrogen (secondary N) is 2. The minimum Gasteiger partial charge on any atom is -0.350 e. The van der Waals surface area contributed by atoms with Gasteiger partial charge in [0, 0.05) is 11.6 Å². The summed E-state index contributed by atoms with van der Waals surface area (Å²) in [5, 5.41) is 6.56. The van der Waals surface area contributed by atoms with Crippen molar-refractivity contribution >= 4 is 46.8 Å². The molecule has 0 aliphatic heterocycles. The first-order chi connectivity index (χ1) is 12.5. The predicted octanol–water partition coefficient (Wildman–Crippen LogP) is 4.16. The van der Waals surface area contributed by atoms with Crippen molar-refractivity contribution < 1.29 is 9.59 Å². The topological polar surface area (TPSA) is 58.2 Å². The zero-order valence-electron chi connectivity index (χ0n) is 14.3. The molecule has 26 heavy (non-hydrogen) atoms. The Morgan fingerprint density at radius 1 is 1.04 bits per heavy atom. The fraction of sp³-hybridized carbons (Fsp3) is 0.263. The molecule has 1 atom stereocenters. The second-order valence-electron chi connectivity index (χ2n) is 5.60. The smallest absolute Gasteiger partial charge is 0.253 e. The Hall–Kier alpha value is -1.69. The maximum atomic E-state index is 12.6. The first-order valence-electron chi connectivity index (χ1n) is 8.08. The van der Waals surface area contributed by atoms with Crippen LogP contribution in [0.25, 0.3) is 0 Å². The van der Waals surface area contributed by atoms with Gasteiger partial charge in [0.2, 0.25) is 5.91 Å². The largest absolute Gasteiger partial charge is 0.350 e. The molecule has 138 valence electrons. The maximum absolute atomic E-state index is 12.6. The van der Waals surface area contributed by atoms with Crippen molar-refractivity contribution in [2.75, 3.05) is 12.0 Å². The summed E-state index contributed by atoms with van der Waals surface area (Å²) in [6.07, 6.45) is 2.47. The summed E-state index contributed by atoms with van der Waals surface area (Å²) in [7, 11) is 0. The summed E-state index contributed by atoms with van der Waals surface area (Å²) in [5.74, 6) is 0.126. The lowest BCUT2D eigenvalue weighted by atomic mass is 10.1. The molecular weight excluding hydrogens is 391 g/mol. The van der Waals surface area contributed by atoms with Crippen LogP contribution in [0.1, 0.15) is 22.3 Å². The fourth-order valence-corrected chi connectivity index (χ4v) is 3.23. The van der Waals surface area contributed by atoms with Crippen LogP contribution in [0.2, 0.25) is 10.0 Å². The molecular formula is C19H20Cl2N2O2S. The van der Waals surface area contributed by atoms with E-state index in [-0.39, 0.29) is 11.8 Å². The van der Waals surface area contributed by atoms with Crippen LogP contribution in [0.3, 0.4) is 0 Å². The quantitative estimate of drug-likeness (QED) is 0.686. The van der Waals surface area contributed by atoms with E-state index >= 15 is 0 Å². The summed E-state index contributed by atoms with van der Waals surface area (Å²) >= 11 is 13.8. The third kappa shape index (κ3) is 5.94. The van der Waals surface area contributed by atoms with E-state index in [4.69, 9.17) is 23.2 Å². The Morgan fingerprint density at radius 3 is 2.35 bits per heavy atom. The van der Waals surface area contributed by atoms with Crippen LogP contribution in [0, 0.1) is 0 Å². The van der Waals surface area contributed by atoms with E-state index in [1.807, 2.05) is 24.5 Å². The molecule has 0 spiro atoms. The van der Waals surface area contributed by atoms with Crippen molar-refractivity contribution in [3.05, 3.63) is 69.7 Å². The van der Waals surface area contributed by atoms with Gasteiger partial charge >= 0.3 is 0 Å². The highest BCUT2D eigenvalue weighted by Crippen LogP contribution is 2.16. The molecule has 0 fully saturated rings. The number of amides is 2. The number of carbonyl (C=O) groups excluding carboxylic acids is 2. The highest BCUT2D eigenvalue weighted by molar-refractivity contribution is 7.98. The molecule has 2 aromatic rings. The summed E-state index contributed by atoms with van der Waals surface area (Å²) in [5.41, 5.74) is 1.17. The fourth-order valence-electron chi connectivity index (χ4n) is 2.33. The van der Waals surface area contributed by atoms with E-state index in [2.05, 4.69) is 10.6 Å². The average Bonchev–Trinajstić information content (AvgIpc) is 2.64. The number of halogens is 2. The van der Waals surface area contributed by atoms with E-state index in [1.54, 1.807) is 42.1 Å². The number of rotatable bonds is 8. The SMILES string of the molecule is CSCC[C@@H](NC(=O)c1ccccc1Cl)C(=O)NCc1ccccc1Cl. The second kappa shape index (κ2) is 10.5. The zero-order valence-corrected chi connectivity index (χ0v) is 16.6. The third-order valence-corrected chi connectivity index (χ3v) is 5.10. The van der Waals surface area contributed by atoms with E-state index in [0.29, 0.717) is 28.6 Å². The van der Waals surface area contributed by atoms with Crippen molar-refractivity contribution in [1.82, 2.24) is 10.6 Å². The molecule has 2 aromatic carbocycles. The molecule has 0 aliphatic carbocycles. The number of hydrogen-bond donors (Lipinski definition) is 2. The van der Waals surface area contributed by atoms with E-state index in [9.17, 15) is 9.59 Å². The zero-order chi connectivity index (χ0) is 18.9. The van der Waals surface area contributed by atoms with Gasteiger partial charge in [0.1, 0.15) is 6.04 Å². The van der Waals surface area contributed by atoms with Crippen molar-refractivity contribution in [3.63, 3.8) is 0 Å². The van der Waals surface area contributed by atoms with Gasteiger partial charge in [-0.3, -0.25) is 9.59 Å². The highest BCUT2D eigenvalue weighted by atomic mass is 35.5. The lowest BCUT2D eigenvalue weighted by molar-refractivity contribution is -0.123. The molecule has 0 aromatic heterocycles. The predicted molar refractivity (Wildman–Crippen MR) is 109 cm³/mol. The molecule has 4 nitrogen and oxygen atoms in total. The molecule has 0 unspecified atom stereocenters. The Morgan fingerprint density at radius 2 is 1.69 bits per heavy atom. The van der Waals surface area contributed by atoms with Gasteiger partial charge in [-0.1, -0.05) is 53.5 Å². The molecule has 0 heterocycles. The molecule has 0 saturated heterocycles.